The van der Waals surface area contributed by atoms with Crippen LogP contribution in [0.2, 0.25) is 0 Å². The van der Waals surface area contributed by atoms with E-state index in [1.54, 1.807) is 18.2 Å². The van der Waals surface area contributed by atoms with E-state index < -0.39 is 11.9 Å². The fourth-order valence-electron chi connectivity index (χ4n) is 3.65. The van der Waals surface area contributed by atoms with E-state index in [-0.39, 0.29) is 19.0 Å². The Labute approximate surface area is 173 Å². The molecule has 0 atom stereocenters. The molecule has 6 nitrogen and oxygen atoms in total. The topological polar surface area (TPSA) is 65.4 Å². The highest BCUT2D eigenvalue weighted by Gasteiger charge is 2.39. The summed E-state index contributed by atoms with van der Waals surface area (Å²) < 4.78 is 52.2. The average Bonchev–Trinajstić information content (AvgIpc) is 3.09. The van der Waals surface area contributed by atoms with Crippen LogP contribution in [-0.4, -0.2) is 35.4 Å². The Bertz CT molecular complexity index is 894. The van der Waals surface area contributed by atoms with Gasteiger partial charge in [0.1, 0.15) is 0 Å². The van der Waals surface area contributed by atoms with Gasteiger partial charge in [0.15, 0.2) is 17.2 Å². The number of fused-ring (bicyclic) bond motifs is 1. The highest BCUT2D eigenvalue weighted by molar-refractivity contribution is 5.94. The maximum Gasteiger partial charge on any atom is 0.435 e. The van der Waals surface area contributed by atoms with Gasteiger partial charge < -0.3 is 14.8 Å². The van der Waals surface area contributed by atoms with Gasteiger partial charge in [-0.1, -0.05) is 0 Å². The quantitative estimate of drug-likeness (QED) is 0.694. The van der Waals surface area contributed by atoms with Gasteiger partial charge in [0.05, 0.1) is 19.8 Å². The van der Waals surface area contributed by atoms with Gasteiger partial charge in [-0.3, -0.25) is 9.48 Å². The number of carbonyl (C=O) groups excluding carboxylic acids is 1. The lowest BCUT2D eigenvalue weighted by Crippen LogP contribution is -2.28. The molecule has 1 aliphatic carbocycles. The molecule has 1 aliphatic rings. The number of rotatable bonds is 8. The maximum absolute atomic E-state index is 13.3. The summed E-state index contributed by atoms with van der Waals surface area (Å²) in [7, 11) is 0. The number of amides is 1. The Morgan fingerprint density at radius 2 is 1.83 bits per heavy atom. The minimum Gasteiger partial charge on any atom is -0.490 e. The van der Waals surface area contributed by atoms with Crippen LogP contribution in [-0.2, 0) is 25.6 Å². The second-order valence-electron chi connectivity index (χ2n) is 6.99. The van der Waals surface area contributed by atoms with Crippen molar-refractivity contribution in [2.75, 3.05) is 19.8 Å². The van der Waals surface area contributed by atoms with Gasteiger partial charge in [-0.15, -0.1) is 0 Å². The molecular weight excluding hydrogens is 399 g/mol. The predicted octanol–water partition coefficient (Wildman–Crippen LogP) is 4.01. The van der Waals surface area contributed by atoms with Crippen LogP contribution in [0.15, 0.2) is 18.2 Å². The maximum atomic E-state index is 13.3. The van der Waals surface area contributed by atoms with Crippen LogP contribution < -0.4 is 14.8 Å². The first-order valence-electron chi connectivity index (χ1n) is 10.2. The third kappa shape index (κ3) is 4.88. The molecule has 2 aromatic rings. The highest BCUT2D eigenvalue weighted by atomic mass is 19.4. The Balaban J connectivity index is 1.68. The Hall–Kier alpha value is -2.71. The third-order valence-corrected chi connectivity index (χ3v) is 4.94. The lowest BCUT2D eigenvalue weighted by atomic mass is 9.95. The zero-order chi connectivity index (χ0) is 21.7. The summed E-state index contributed by atoms with van der Waals surface area (Å²) in [6, 6.07) is 4.89. The van der Waals surface area contributed by atoms with Crippen LogP contribution in [0.4, 0.5) is 13.2 Å². The molecule has 9 heteroatoms. The van der Waals surface area contributed by atoms with Gasteiger partial charge in [-0.25, -0.2) is 0 Å². The van der Waals surface area contributed by atoms with Crippen LogP contribution in [0.1, 0.15) is 54.0 Å². The third-order valence-electron chi connectivity index (χ3n) is 4.94. The fraction of sp³-hybridized carbons (Fsp3) is 0.524. The number of alkyl halides is 3. The summed E-state index contributed by atoms with van der Waals surface area (Å²) in [5.41, 5.74) is 0.521. The van der Waals surface area contributed by atoms with Gasteiger partial charge in [0.2, 0.25) is 0 Å². The minimum atomic E-state index is -4.46. The summed E-state index contributed by atoms with van der Waals surface area (Å²) >= 11 is 0. The molecule has 0 saturated carbocycles. The molecule has 0 aliphatic heterocycles. The molecular formula is C21H26F3N3O3. The van der Waals surface area contributed by atoms with Crippen LogP contribution >= 0.6 is 0 Å². The number of aromatic nitrogens is 2. The van der Waals surface area contributed by atoms with Crippen LogP contribution in [0.5, 0.6) is 11.5 Å². The number of carbonyl (C=O) groups is 1. The van der Waals surface area contributed by atoms with E-state index in [0.717, 1.165) is 12.8 Å². The lowest BCUT2D eigenvalue weighted by Gasteiger charge is -2.15. The second kappa shape index (κ2) is 9.40. The molecule has 1 aromatic carbocycles. The molecule has 1 aromatic heterocycles. The van der Waals surface area contributed by atoms with Crippen molar-refractivity contribution in [1.29, 1.82) is 0 Å². The predicted molar refractivity (Wildman–Crippen MR) is 105 cm³/mol. The molecule has 1 heterocycles. The van der Waals surface area contributed by atoms with Gasteiger partial charge >= 0.3 is 6.18 Å². The summed E-state index contributed by atoms with van der Waals surface area (Å²) in [4.78, 5) is 12.5. The van der Waals surface area contributed by atoms with E-state index in [9.17, 15) is 18.0 Å². The van der Waals surface area contributed by atoms with E-state index in [2.05, 4.69) is 10.4 Å². The van der Waals surface area contributed by atoms with Crippen molar-refractivity contribution in [1.82, 2.24) is 15.1 Å². The summed E-state index contributed by atoms with van der Waals surface area (Å²) in [6.45, 7) is 4.94. The second-order valence-corrected chi connectivity index (χ2v) is 6.99. The number of benzene rings is 1. The Morgan fingerprint density at radius 3 is 2.53 bits per heavy atom. The summed E-state index contributed by atoms with van der Waals surface area (Å²) in [5, 5.41) is 6.55. The first-order chi connectivity index (χ1) is 14.3. The average molecular weight is 425 g/mol. The van der Waals surface area contributed by atoms with Crippen molar-refractivity contribution < 1.29 is 27.4 Å². The minimum absolute atomic E-state index is 0.168. The van der Waals surface area contributed by atoms with E-state index >= 15 is 0 Å². The molecule has 0 bridgehead atoms. The zero-order valence-corrected chi connectivity index (χ0v) is 17.1. The van der Waals surface area contributed by atoms with E-state index in [1.807, 2.05) is 13.8 Å². The van der Waals surface area contributed by atoms with Crippen molar-refractivity contribution in [3.8, 4) is 11.5 Å². The first kappa shape index (κ1) is 22.0. The van der Waals surface area contributed by atoms with Gasteiger partial charge in [0, 0.05) is 23.4 Å². The molecule has 30 heavy (non-hydrogen) atoms. The Morgan fingerprint density at radius 1 is 1.13 bits per heavy atom. The monoisotopic (exact) mass is 425 g/mol. The molecule has 3 rings (SSSR count). The zero-order valence-electron chi connectivity index (χ0n) is 17.1. The number of hydrogen-bond acceptors (Lipinski definition) is 4. The van der Waals surface area contributed by atoms with Crippen LogP contribution in [0.3, 0.4) is 0 Å². The van der Waals surface area contributed by atoms with Crippen molar-refractivity contribution in [2.45, 2.75) is 52.3 Å². The molecule has 0 radical (unpaired) electrons. The number of nitrogens with one attached hydrogen (secondary N) is 1. The normalized spacial score (nSPS) is 13.6. The number of nitrogens with zero attached hydrogens (tertiary/aromatic N) is 2. The fourth-order valence-corrected chi connectivity index (χ4v) is 3.65. The molecule has 0 spiro atoms. The standard InChI is InChI=1S/C21H26F3N3O3/c1-3-29-17-10-9-14(13-18(17)30-4-2)20(28)25-11-12-27-16-8-6-5-7-15(16)19(26-27)21(22,23)24/h9-10,13H,3-8,11-12H2,1-2H3,(H,25,28). The summed E-state index contributed by atoms with van der Waals surface area (Å²) in [6.07, 6.45) is -1.92. The van der Waals surface area contributed by atoms with Gasteiger partial charge in [-0.2, -0.15) is 18.3 Å². The van der Waals surface area contributed by atoms with Crippen LogP contribution in [0.25, 0.3) is 0 Å². The number of halogens is 3. The summed E-state index contributed by atoms with van der Waals surface area (Å²) in [5.74, 6) is 0.692. The van der Waals surface area contributed by atoms with Crippen molar-refractivity contribution in [3.05, 3.63) is 40.7 Å². The Kier molecular flexibility index (Phi) is 6.89. The van der Waals surface area contributed by atoms with Crippen molar-refractivity contribution >= 4 is 5.91 Å². The van der Waals surface area contributed by atoms with E-state index in [0.29, 0.717) is 54.4 Å². The molecule has 164 valence electrons. The number of ether oxygens (including phenoxy) is 2. The van der Waals surface area contributed by atoms with Gasteiger partial charge in [0.25, 0.3) is 5.91 Å². The molecule has 0 saturated heterocycles. The van der Waals surface area contributed by atoms with Crippen LogP contribution in [0, 0.1) is 0 Å². The van der Waals surface area contributed by atoms with Gasteiger partial charge in [-0.05, 0) is 57.7 Å². The smallest absolute Gasteiger partial charge is 0.435 e. The van der Waals surface area contributed by atoms with E-state index in [1.165, 1.54) is 4.68 Å². The lowest BCUT2D eigenvalue weighted by molar-refractivity contribution is -0.142. The molecule has 0 fully saturated rings. The highest BCUT2D eigenvalue weighted by Crippen LogP contribution is 2.35. The number of hydrogen-bond donors (Lipinski definition) is 1. The molecule has 0 unspecified atom stereocenters. The molecule has 1 N–H and O–H groups in total. The van der Waals surface area contributed by atoms with E-state index in [4.69, 9.17) is 9.47 Å². The SMILES string of the molecule is CCOc1ccc(C(=O)NCCn2nc(C(F)(F)F)c3c2CCCC3)cc1OCC. The van der Waals surface area contributed by atoms with Crippen molar-refractivity contribution in [3.63, 3.8) is 0 Å². The van der Waals surface area contributed by atoms with Crippen molar-refractivity contribution in [2.24, 2.45) is 0 Å². The molecule has 1 amide bonds. The largest absolute Gasteiger partial charge is 0.490 e. The first-order valence-corrected chi connectivity index (χ1v) is 10.2.